The van der Waals surface area contributed by atoms with Crippen LogP contribution in [0.2, 0.25) is 0 Å². The zero-order valence-electron chi connectivity index (χ0n) is 18.3. The van der Waals surface area contributed by atoms with Crippen molar-refractivity contribution < 1.29 is 4.74 Å². The Balaban J connectivity index is 1.33. The van der Waals surface area contributed by atoms with Gasteiger partial charge in [-0.05, 0) is 55.3 Å². The van der Waals surface area contributed by atoms with Gasteiger partial charge in [0.1, 0.15) is 22.0 Å². The maximum Gasteiger partial charge on any atom is 0.190 e. The second-order valence-electron chi connectivity index (χ2n) is 8.05. The van der Waals surface area contributed by atoms with E-state index in [4.69, 9.17) is 14.7 Å². The minimum Gasteiger partial charge on any atom is -0.379 e. The van der Waals surface area contributed by atoms with Gasteiger partial charge < -0.3 is 15.4 Å². The van der Waals surface area contributed by atoms with Crippen molar-refractivity contribution in [3.63, 3.8) is 0 Å². The second-order valence-corrected chi connectivity index (χ2v) is 9.03. The maximum absolute atomic E-state index is 5.44. The highest BCUT2D eigenvalue weighted by molar-refractivity contribution is 7.21. The van der Waals surface area contributed by atoms with Gasteiger partial charge >= 0.3 is 0 Å². The molecule has 1 aromatic carbocycles. The highest BCUT2D eigenvalue weighted by atomic mass is 32.1. The molecule has 5 rings (SSSR count). The number of morpholine rings is 1. The molecule has 4 heterocycles. The Kier molecular flexibility index (Phi) is 5.98. The van der Waals surface area contributed by atoms with Crippen LogP contribution < -0.4 is 10.6 Å². The fourth-order valence-electron chi connectivity index (χ4n) is 3.73. The van der Waals surface area contributed by atoms with Crippen LogP contribution in [-0.4, -0.2) is 46.2 Å². The number of rotatable bonds is 6. The van der Waals surface area contributed by atoms with Crippen molar-refractivity contribution >= 4 is 44.1 Å². The van der Waals surface area contributed by atoms with Gasteiger partial charge in [0.25, 0.3) is 0 Å². The van der Waals surface area contributed by atoms with Crippen molar-refractivity contribution in [3.8, 4) is 0 Å². The van der Waals surface area contributed by atoms with Crippen LogP contribution in [0.15, 0.2) is 48.7 Å². The molecule has 7 nitrogen and oxygen atoms in total. The third kappa shape index (κ3) is 4.88. The van der Waals surface area contributed by atoms with Crippen LogP contribution in [0.25, 0.3) is 10.3 Å². The van der Waals surface area contributed by atoms with Crippen molar-refractivity contribution in [3.05, 3.63) is 65.4 Å². The van der Waals surface area contributed by atoms with Crippen molar-refractivity contribution in [2.45, 2.75) is 20.4 Å². The number of hydrogen-bond acceptors (Lipinski definition) is 8. The first-order valence-electron chi connectivity index (χ1n) is 10.8. The van der Waals surface area contributed by atoms with E-state index in [-0.39, 0.29) is 0 Å². The first kappa shape index (κ1) is 20.8. The van der Waals surface area contributed by atoms with Crippen molar-refractivity contribution in [1.82, 2.24) is 19.9 Å². The molecule has 1 fully saturated rings. The van der Waals surface area contributed by atoms with Crippen molar-refractivity contribution in [1.29, 1.82) is 0 Å². The number of nitrogens with zero attached hydrogens (tertiary/aromatic N) is 4. The van der Waals surface area contributed by atoms with E-state index in [9.17, 15) is 0 Å². The fraction of sp³-hybridized carbons (Fsp3) is 0.292. The topological polar surface area (TPSA) is 75.2 Å². The van der Waals surface area contributed by atoms with Gasteiger partial charge in [-0.1, -0.05) is 29.0 Å². The van der Waals surface area contributed by atoms with Gasteiger partial charge in [0, 0.05) is 31.5 Å². The molecule has 0 bridgehead atoms. The molecule has 0 unspecified atom stereocenters. The van der Waals surface area contributed by atoms with Crippen LogP contribution in [0.1, 0.15) is 16.7 Å². The Labute approximate surface area is 191 Å². The highest BCUT2D eigenvalue weighted by Gasteiger charge is 2.13. The van der Waals surface area contributed by atoms with Crippen LogP contribution in [0.4, 0.5) is 22.5 Å². The molecule has 1 aliphatic heterocycles. The average molecular weight is 447 g/mol. The van der Waals surface area contributed by atoms with E-state index in [2.05, 4.69) is 70.8 Å². The molecular formula is C24H26N6OS. The minimum absolute atomic E-state index is 0.791. The molecule has 0 saturated carbocycles. The Morgan fingerprint density at radius 1 is 0.969 bits per heavy atom. The molecule has 2 N–H and O–H groups in total. The smallest absolute Gasteiger partial charge is 0.190 e. The fourth-order valence-corrected chi connectivity index (χ4v) is 4.65. The van der Waals surface area contributed by atoms with Gasteiger partial charge in [0.15, 0.2) is 5.13 Å². The summed E-state index contributed by atoms with van der Waals surface area (Å²) < 4.78 is 5.44. The van der Waals surface area contributed by atoms with Gasteiger partial charge in [0.2, 0.25) is 0 Å². The van der Waals surface area contributed by atoms with Crippen LogP contribution in [0.3, 0.4) is 0 Å². The Morgan fingerprint density at radius 3 is 2.59 bits per heavy atom. The van der Waals surface area contributed by atoms with Crippen molar-refractivity contribution in [2.24, 2.45) is 0 Å². The lowest BCUT2D eigenvalue weighted by molar-refractivity contribution is 0.0342. The standard InChI is InChI=1S/C24H26N6OS/c1-16-3-5-19(6-4-16)26-21-13-17(2)22-23(27-21)32-24(29-22)28-20-14-18(7-8-25-20)15-30-9-11-31-12-10-30/h3-8,13-14H,9-12,15H2,1-2H3,(H,26,27)(H,25,28,29). The van der Waals surface area contributed by atoms with Gasteiger partial charge in [-0.25, -0.2) is 15.0 Å². The zero-order chi connectivity index (χ0) is 21.9. The van der Waals surface area contributed by atoms with Gasteiger partial charge in [0.05, 0.1) is 13.2 Å². The van der Waals surface area contributed by atoms with E-state index in [1.807, 2.05) is 12.3 Å². The second kappa shape index (κ2) is 9.20. The summed E-state index contributed by atoms with van der Waals surface area (Å²) in [5, 5.41) is 7.55. The number of fused-ring (bicyclic) bond motifs is 1. The molecule has 0 aliphatic carbocycles. The molecule has 0 atom stereocenters. The van der Waals surface area contributed by atoms with E-state index in [1.165, 1.54) is 22.5 Å². The largest absolute Gasteiger partial charge is 0.379 e. The van der Waals surface area contributed by atoms with Crippen LogP contribution in [-0.2, 0) is 11.3 Å². The van der Waals surface area contributed by atoms with Crippen LogP contribution in [0.5, 0.6) is 0 Å². The molecular weight excluding hydrogens is 420 g/mol. The number of benzene rings is 1. The number of nitrogens with one attached hydrogen (secondary N) is 2. The summed E-state index contributed by atoms with van der Waals surface area (Å²) in [4.78, 5) is 17.3. The monoisotopic (exact) mass is 446 g/mol. The molecule has 32 heavy (non-hydrogen) atoms. The summed E-state index contributed by atoms with van der Waals surface area (Å²) in [5.74, 6) is 1.62. The SMILES string of the molecule is Cc1ccc(Nc2cc(C)c3nc(Nc4cc(CN5CCOCC5)ccn4)sc3n2)cc1. The molecule has 0 radical (unpaired) electrons. The summed E-state index contributed by atoms with van der Waals surface area (Å²) in [6, 6.07) is 14.5. The third-order valence-electron chi connectivity index (χ3n) is 5.45. The summed E-state index contributed by atoms with van der Waals surface area (Å²) >= 11 is 1.53. The Hall–Kier alpha value is -3.07. The number of aryl methyl sites for hydroxylation is 2. The predicted octanol–water partition coefficient (Wildman–Crippen LogP) is 5.02. The lowest BCUT2D eigenvalue weighted by Crippen LogP contribution is -2.35. The minimum atomic E-state index is 0.791. The summed E-state index contributed by atoms with van der Waals surface area (Å²) in [6.07, 6.45) is 1.85. The van der Waals surface area contributed by atoms with Gasteiger partial charge in [-0.3, -0.25) is 4.90 Å². The Bertz CT molecular complexity index is 1220. The quantitative estimate of drug-likeness (QED) is 0.431. The average Bonchev–Trinajstić information content (AvgIpc) is 3.19. The predicted molar refractivity (Wildman–Crippen MR) is 130 cm³/mol. The molecule has 1 saturated heterocycles. The zero-order valence-corrected chi connectivity index (χ0v) is 19.1. The molecule has 4 aromatic rings. The number of aromatic nitrogens is 3. The molecule has 8 heteroatoms. The molecule has 0 amide bonds. The molecule has 1 aliphatic rings. The molecule has 0 spiro atoms. The first-order chi connectivity index (χ1) is 15.6. The number of anilines is 4. The summed E-state index contributed by atoms with van der Waals surface area (Å²) in [5.41, 5.74) is 5.48. The van der Waals surface area contributed by atoms with Crippen LogP contribution in [0, 0.1) is 13.8 Å². The third-order valence-corrected chi connectivity index (χ3v) is 6.32. The number of ether oxygens (including phenoxy) is 1. The lowest BCUT2D eigenvalue weighted by Gasteiger charge is -2.26. The van der Waals surface area contributed by atoms with E-state index in [1.54, 1.807) is 0 Å². The highest BCUT2D eigenvalue weighted by Crippen LogP contribution is 2.31. The van der Waals surface area contributed by atoms with E-state index < -0.39 is 0 Å². The van der Waals surface area contributed by atoms with Gasteiger partial charge in [-0.2, -0.15) is 0 Å². The maximum atomic E-state index is 5.44. The number of hydrogen-bond donors (Lipinski definition) is 2. The molecule has 3 aromatic heterocycles. The lowest BCUT2D eigenvalue weighted by atomic mass is 10.2. The van der Waals surface area contributed by atoms with Crippen molar-refractivity contribution in [2.75, 3.05) is 36.9 Å². The molecule has 164 valence electrons. The van der Waals surface area contributed by atoms with E-state index in [0.717, 1.165) is 71.2 Å². The number of thiazole rings is 1. The summed E-state index contributed by atoms with van der Waals surface area (Å²) in [6.45, 7) is 8.57. The summed E-state index contributed by atoms with van der Waals surface area (Å²) in [7, 11) is 0. The Morgan fingerprint density at radius 2 is 1.78 bits per heavy atom. The van der Waals surface area contributed by atoms with Gasteiger partial charge in [-0.15, -0.1) is 0 Å². The number of pyridine rings is 2. The van der Waals surface area contributed by atoms with E-state index in [0.29, 0.717) is 0 Å². The normalized spacial score (nSPS) is 14.6. The van der Waals surface area contributed by atoms with E-state index >= 15 is 0 Å². The first-order valence-corrected chi connectivity index (χ1v) is 11.6. The van der Waals surface area contributed by atoms with Crippen LogP contribution >= 0.6 is 11.3 Å².